The fourth-order valence-corrected chi connectivity index (χ4v) is 2.01. The molecule has 8 heteroatoms. The van der Waals surface area contributed by atoms with Crippen molar-refractivity contribution in [2.45, 2.75) is 5.25 Å². The second-order valence-corrected chi connectivity index (χ2v) is 4.79. The van der Waals surface area contributed by atoms with Crippen LogP contribution in [0.15, 0.2) is 29.3 Å². The molecule has 0 aliphatic carbocycles. The van der Waals surface area contributed by atoms with Crippen molar-refractivity contribution < 1.29 is 19.2 Å². The zero-order valence-corrected chi connectivity index (χ0v) is 10.5. The van der Waals surface area contributed by atoms with E-state index >= 15 is 0 Å². The number of aliphatic imine (C=N–C) groups is 1. The van der Waals surface area contributed by atoms with Crippen molar-refractivity contribution in [3.8, 4) is 5.75 Å². The van der Waals surface area contributed by atoms with Crippen molar-refractivity contribution >= 4 is 29.2 Å². The van der Waals surface area contributed by atoms with Crippen LogP contribution in [0, 0.1) is 10.1 Å². The summed E-state index contributed by atoms with van der Waals surface area (Å²) < 4.78 is 9.79. The Morgan fingerprint density at radius 1 is 1.47 bits per heavy atom. The van der Waals surface area contributed by atoms with E-state index in [-0.39, 0.29) is 23.3 Å². The number of rotatable bonds is 4. The van der Waals surface area contributed by atoms with Crippen LogP contribution >= 0.6 is 11.8 Å². The molecular formula is C11H10N2O5S. The number of thioether (sulfide) groups is 1. The molecule has 100 valence electrons. The summed E-state index contributed by atoms with van der Waals surface area (Å²) >= 11 is 1.50. The summed E-state index contributed by atoms with van der Waals surface area (Å²) in [6, 6.07) is 5.19. The quantitative estimate of drug-likeness (QED) is 0.364. The van der Waals surface area contributed by atoms with Gasteiger partial charge in [0.05, 0.1) is 22.3 Å². The smallest absolute Gasteiger partial charge is 0.433 e. The van der Waals surface area contributed by atoms with Gasteiger partial charge in [-0.25, -0.2) is 4.79 Å². The number of nitrogens with zero attached hydrogens (tertiary/aromatic N) is 2. The number of hydrogen-bond donors (Lipinski definition) is 0. The zero-order valence-electron chi connectivity index (χ0n) is 9.72. The molecule has 0 N–H and O–H groups in total. The number of nitro groups is 1. The third-order valence-corrected chi connectivity index (χ3v) is 3.21. The standard InChI is InChI=1S/C11H10N2O5S/c14-11(17-6-10-5-12-7-19-10)18-9-3-1-8(2-4-9)13(15)16/h1-4,7,10H,5-6H2. The van der Waals surface area contributed by atoms with Crippen LogP contribution in [-0.4, -0.2) is 35.0 Å². The van der Waals surface area contributed by atoms with Gasteiger partial charge < -0.3 is 9.47 Å². The Labute approximate surface area is 112 Å². The van der Waals surface area contributed by atoms with Crippen LogP contribution in [0.2, 0.25) is 0 Å². The molecule has 0 bridgehead atoms. The minimum atomic E-state index is -0.832. The van der Waals surface area contributed by atoms with E-state index < -0.39 is 11.1 Å². The lowest BCUT2D eigenvalue weighted by Crippen LogP contribution is -2.19. The summed E-state index contributed by atoms with van der Waals surface area (Å²) in [4.78, 5) is 25.3. The van der Waals surface area contributed by atoms with Gasteiger partial charge in [0.1, 0.15) is 12.4 Å². The summed E-state index contributed by atoms with van der Waals surface area (Å²) in [6.07, 6.45) is -0.832. The van der Waals surface area contributed by atoms with Crippen LogP contribution in [0.1, 0.15) is 0 Å². The van der Waals surface area contributed by atoms with Gasteiger partial charge in [0.25, 0.3) is 5.69 Å². The third kappa shape index (κ3) is 3.95. The van der Waals surface area contributed by atoms with Gasteiger partial charge in [-0.1, -0.05) is 0 Å². The molecule has 0 saturated carbocycles. The lowest BCUT2D eigenvalue weighted by atomic mass is 10.3. The van der Waals surface area contributed by atoms with E-state index in [9.17, 15) is 14.9 Å². The first-order valence-corrected chi connectivity index (χ1v) is 6.32. The predicted molar refractivity (Wildman–Crippen MR) is 69.8 cm³/mol. The van der Waals surface area contributed by atoms with Crippen LogP contribution in [0.3, 0.4) is 0 Å². The topological polar surface area (TPSA) is 91.0 Å². The van der Waals surface area contributed by atoms with E-state index in [4.69, 9.17) is 9.47 Å². The lowest BCUT2D eigenvalue weighted by Gasteiger charge is -2.08. The van der Waals surface area contributed by atoms with Gasteiger partial charge in [0.2, 0.25) is 0 Å². The molecule has 0 fully saturated rings. The Balaban J connectivity index is 1.79. The number of benzene rings is 1. The third-order valence-electron chi connectivity index (χ3n) is 2.27. The molecule has 1 atom stereocenters. The summed E-state index contributed by atoms with van der Waals surface area (Å²) in [5.41, 5.74) is 1.65. The highest BCUT2D eigenvalue weighted by Gasteiger charge is 2.16. The molecule has 1 aromatic rings. The first kappa shape index (κ1) is 13.3. The van der Waals surface area contributed by atoms with Gasteiger partial charge in [-0.15, -0.1) is 11.8 Å². The molecule has 0 radical (unpaired) electrons. The summed E-state index contributed by atoms with van der Waals surface area (Å²) in [6.45, 7) is 0.839. The molecule has 0 saturated heterocycles. The molecular weight excluding hydrogens is 272 g/mol. The van der Waals surface area contributed by atoms with Crippen molar-refractivity contribution in [2.24, 2.45) is 4.99 Å². The van der Waals surface area contributed by atoms with Crippen LogP contribution < -0.4 is 4.74 Å². The maximum absolute atomic E-state index is 11.4. The van der Waals surface area contributed by atoms with Gasteiger partial charge in [0.15, 0.2) is 0 Å². The van der Waals surface area contributed by atoms with Crippen molar-refractivity contribution in [3.63, 3.8) is 0 Å². The maximum Gasteiger partial charge on any atom is 0.513 e. The minimum Gasteiger partial charge on any atom is -0.433 e. The average molecular weight is 282 g/mol. The van der Waals surface area contributed by atoms with Gasteiger partial charge in [-0.3, -0.25) is 15.1 Å². The molecule has 0 aromatic heterocycles. The average Bonchev–Trinajstić information content (AvgIpc) is 2.90. The molecule has 1 aromatic carbocycles. The fraction of sp³-hybridized carbons (Fsp3) is 0.273. The Morgan fingerprint density at radius 2 is 2.21 bits per heavy atom. The Morgan fingerprint density at radius 3 is 2.79 bits per heavy atom. The van der Waals surface area contributed by atoms with E-state index in [1.165, 1.54) is 36.0 Å². The van der Waals surface area contributed by atoms with Gasteiger partial charge >= 0.3 is 6.16 Å². The lowest BCUT2D eigenvalue weighted by molar-refractivity contribution is -0.384. The number of ether oxygens (including phenoxy) is 2. The van der Waals surface area contributed by atoms with Gasteiger partial charge in [-0.05, 0) is 12.1 Å². The molecule has 2 rings (SSSR count). The zero-order chi connectivity index (χ0) is 13.7. The molecule has 1 aliphatic heterocycles. The molecule has 1 aliphatic rings. The Kier molecular flexibility index (Phi) is 4.35. The number of carbonyl (C=O) groups is 1. The van der Waals surface area contributed by atoms with E-state index in [0.717, 1.165) is 0 Å². The first-order chi connectivity index (χ1) is 9.15. The number of non-ortho nitro benzene ring substituents is 1. The monoisotopic (exact) mass is 282 g/mol. The highest BCUT2D eigenvalue weighted by atomic mass is 32.2. The Hall–Kier alpha value is -2.09. The molecule has 7 nitrogen and oxygen atoms in total. The number of nitro benzene ring substituents is 1. The van der Waals surface area contributed by atoms with E-state index in [1.54, 1.807) is 5.55 Å². The van der Waals surface area contributed by atoms with Crippen LogP contribution in [0.5, 0.6) is 5.75 Å². The highest BCUT2D eigenvalue weighted by Crippen LogP contribution is 2.18. The largest absolute Gasteiger partial charge is 0.513 e. The number of hydrogen-bond acceptors (Lipinski definition) is 7. The summed E-state index contributed by atoms with van der Waals surface area (Å²) in [7, 11) is 0. The highest BCUT2D eigenvalue weighted by molar-refractivity contribution is 8.12. The SMILES string of the molecule is O=C(OCC1CN=CS1)Oc1ccc([N+](=O)[O-])cc1. The number of carbonyl (C=O) groups excluding carboxylic acids is 1. The fourth-order valence-electron chi connectivity index (χ4n) is 1.35. The molecule has 1 unspecified atom stereocenters. The maximum atomic E-state index is 11.4. The van der Waals surface area contributed by atoms with Crippen molar-refractivity contribution in [2.75, 3.05) is 13.2 Å². The Bertz CT molecular complexity index is 494. The second kappa shape index (κ2) is 6.19. The molecule has 0 amide bonds. The molecule has 19 heavy (non-hydrogen) atoms. The van der Waals surface area contributed by atoms with Gasteiger partial charge in [0, 0.05) is 12.1 Å². The van der Waals surface area contributed by atoms with Crippen LogP contribution in [-0.2, 0) is 4.74 Å². The van der Waals surface area contributed by atoms with Gasteiger partial charge in [-0.2, -0.15) is 0 Å². The van der Waals surface area contributed by atoms with E-state index in [2.05, 4.69) is 4.99 Å². The molecule has 0 spiro atoms. The molecule has 1 heterocycles. The summed E-state index contributed by atoms with van der Waals surface area (Å²) in [5.74, 6) is 0.200. The van der Waals surface area contributed by atoms with Crippen molar-refractivity contribution in [1.29, 1.82) is 0 Å². The van der Waals surface area contributed by atoms with Crippen LogP contribution in [0.25, 0.3) is 0 Å². The normalized spacial score (nSPS) is 17.2. The van der Waals surface area contributed by atoms with E-state index in [0.29, 0.717) is 6.54 Å². The minimum absolute atomic E-state index is 0.0692. The van der Waals surface area contributed by atoms with E-state index in [1.807, 2.05) is 0 Å². The van der Waals surface area contributed by atoms with Crippen molar-refractivity contribution in [1.82, 2.24) is 0 Å². The first-order valence-electron chi connectivity index (χ1n) is 5.38. The van der Waals surface area contributed by atoms with Crippen LogP contribution in [0.4, 0.5) is 10.5 Å². The van der Waals surface area contributed by atoms with Crippen molar-refractivity contribution in [3.05, 3.63) is 34.4 Å². The predicted octanol–water partition coefficient (Wildman–Crippen LogP) is 2.25. The summed E-state index contributed by atoms with van der Waals surface area (Å²) in [5, 5.41) is 10.6. The second-order valence-electron chi connectivity index (χ2n) is 3.64.